The van der Waals surface area contributed by atoms with Crippen molar-refractivity contribution in [2.75, 3.05) is 0 Å². The molecule has 0 aromatic carbocycles. The lowest BCUT2D eigenvalue weighted by Crippen LogP contribution is -2.33. The molecule has 0 N–H and O–H groups in total. The number of fused-ring (bicyclic) bond motifs is 7. The summed E-state index contributed by atoms with van der Waals surface area (Å²) in [6.45, 7) is 0.875. The Bertz CT molecular complexity index is 1040. The highest BCUT2D eigenvalue weighted by Gasteiger charge is 2.35. The average molecular weight is 276 g/mol. The van der Waals surface area contributed by atoms with Gasteiger partial charge < -0.3 is 0 Å². The molecule has 0 atom stereocenters. The fraction of sp³-hybridized carbons (Fsp3) is 0.188. The molecule has 21 heavy (non-hydrogen) atoms. The van der Waals surface area contributed by atoms with Crippen molar-refractivity contribution < 1.29 is 4.57 Å². The van der Waals surface area contributed by atoms with E-state index in [0.29, 0.717) is 0 Å². The summed E-state index contributed by atoms with van der Waals surface area (Å²) in [5.74, 6) is 1.17. The van der Waals surface area contributed by atoms with Crippen molar-refractivity contribution in [3.63, 3.8) is 0 Å². The van der Waals surface area contributed by atoms with Crippen LogP contribution in [0.2, 0.25) is 0 Å². The molecule has 4 aromatic heterocycles. The molecular weight excluding hydrogens is 262 g/mol. The lowest BCUT2D eigenvalue weighted by molar-refractivity contribution is -0.648. The lowest BCUT2D eigenvalue weighted by Gasteiger charge is -1.96. The zero-order valence-electron chi connectivity index (χ0n) is 11.9. The molecular formula is C16H14N5+. The van der Waals surface area contributed by atoms with Crippen molar-refractivity contribution in [3.8, 4) is 11.5 Å². The smallest absolute Gasteiger partial charge is 0.257 e. The van der Waals surface area contributed by atoms with Gasteiger partial charge in [-0.3, -0.25) is 9.13 Å². The number of aromatic nitrogens is 5. The molecule has 0 saturated carbocycles. The van der Waals surface area contributed by atoms with Crippen molar-refractivity contribution in [1.29, 1.82) is 0 Å². The van der Waals surface area contributed by atoms with Crippen LogP contribution in [0, 0.1) is 0 Å². The summed E-state index contributed by atoms with van der Waals surface area (Å²) in [7, 11) is 4.21. The van der Waals surface area contributed by atoms with Crippen LogP contribution >= 0.6 is 0 Å². The minimum atomic E-state index is 0.875. The van der Waals surface area contributed by atoms with E-state index in [0.717, 1.165) is 23.3 Å². The van der Waals surface area contributed by atoms with Crippen LogP contribution in [-0.2, 0) is 20.6 Å². The maximum Gasteiger partial charge on any atom is 0.271 e. The minimum Gasteiger partial charge on any atom is -0.257 e. The summed E-state index contributed by atoms with van der Waals surface area (Å²) in [6.07, 6.45) is 3.72. The van der Waals surface area contributed by atoms with Crippen LogP contribution < -0.4 is 4.57 Å². The second-order valence-corrected chi connectivity index (χ2v) is 5.58. The summed E-state index contributed by atoms with van der Waals surface area (Å²) >= 11 is 0. The first kappa shape index (κ1) is 11.0. The fourth-order valence-corrected chi connectivity index (χ4v) is 3.61. The summed E-state index contributed by atoms with van der Waals surface area (Å²) in [5.41, 5.74) is 6.97. The zero-order valence-corrected chi connectivity index (χ0v) is 11.9. The Kier molecular flexibility index (Phi) is 1.83. The Morgan fingerprint density at radius 3 is 2.76 bits per heavy atom. The van der Waals surface area contributed by atoms with Gasteiger partial charge in [-0.15, -0.1) is 0 Å². The van der Waals surface area contributed by atoms with Crippen LogP contribution in [-0.4, -0.2) is 19.1 Å². The van der Waals surface area contributed by atoms with Gasteiger partial charge in [-0.2, -0.15) is 0 Å². The quantitative estimate of drug-likeness (QED) is 0.404. The van der Waals surface area contributed by atoms with E-state index in [4.69, 9.17) is 0 Å². The average Bonchev–Trinajstić information content (AvgIpc) is 3.11. The monoisotopic (exact) mass is 276 g/mol. The van der Waals surface area contributed by atoms with Gasteiger partial charge in [0, 0.05) is 18.0 Å². The van der Waals surface area contributed by atoms with Gasteiger partial charge >= 0.3 is 0 Å². The predicted molar refractivity (Wildman–Crippen MR) is 79.7 cm³/mol. The first-order valence-electron chi connectivity index (χ1n) is 7.03. The highest BCUT2D eigenvalue weighted by atomic mass is 15.3. The summed E-state index contributed by atoms with van der Waals surface area (Å²) in [6, 6.07) is 8.27. The van der Waals surface area contributed by atoms with Crippen LogP contribution in [0.3, 0.4) is 0 Å². The molecule has 5 nitrogen and oxygen atoms in total. The Labute approximate surface area is 121 Å². The van der Waals surface area contributed by atoms with Crippen molar-refractivity contribution in [2.45, 2.75) is 6.54 Å². The van der Waals surface area contributed by atoms with Crippen molar-refractivity contribution in [1.82, 2.24) is 19.1 Å². The van der Waals surface area contributed by atoms with Gasteiger partial charge in [0.2, 0.25) is 5.52 Å². The van der Waals surface area contributed by atoms with Crippen LogP contribution in [0.4, 0.5) is 0 Å². The molecule has 0 bridgehead atoms. The molecule has 0 aliphatic carbocycles. The maximum atomic E-state index is 4.58. The predicted octanol–water partition coefficient (Wildman–Crippen LogP) is 1.78. The van der Waals surface area contributed by atoms with Crippen LogP contribution in [0.25, 0.3) is 33.7 Å². The van der Waals surface area contributed by atoms with Gasteiger partial charge in [-0.25, -0.2) is 14.5 Å². The van der Waals surface area contributed by atoms with Crippen LogP contribution in [0.5, 0.6) is 0 Å². The van der Waals surface area contributed by atoms with Gasteiger partial charge in [-0.1, -0.05) is 6.07 Å². The Hall–Kier alpha value is -2.69. The van der Waals surface area contributed by atoms with E-state index in [9.17, 15) is 0 Å². The van der Waals surface area contributed by atoms with E-state index < -0.39 is 0 Å². The highest BCUT2D eigenvalue weighted by Crippen LogP contribution is 2.32. The second kappa shape index (κ2) is 3.49. The van der Waals surface area contributed by atoms with E-state index in [1.165, 1.54) is 22.6 Å². The molecule has 1 aliphatic heterocycles. The highest BCUT2D eigenvalue weighted by molar-refractivity contribution is 6.01. The summed E-state index contributed by atoms with van der Waals surface area (Å²) < 4.78 is 6.80. The number of rotatable bonds is 0. The largest absolute Gasteiger partial charge is 0.271 e. The molecule has 5 heteroatoms. The fourth-order valence-electron chi connectivity index (χ4n) is 3.61. The Morgan fingerprint density at radius 1 is 1.05 bits per heavy atom. The SMILES string of the molecule is Cn1c2[n+](c3c1c1ncccc1n3C)Cc1cccnc1-2. The first-order valence-corrected chi connectivity index (χ1v) is 7.03. The molecule has 0 radical (unpaired) electrons. The minimum absolute atomic E-state index is 0.875. The molecule has 0 fully saturated rings. The molecule has 0 unspecified atom stereocenters. The molecule has 4 aromatic rings. The first-order chi connectivity index (χ1) is 10.3. The van der Waals surface area contributed by atoms with E-state index in [1.807, 2.05) is 24.5 Å². The van der Waals surface area contributed by atoms with E-state index in [1.54, 1.807) is 0 Å². The van der Waals surface area contributed by atoms with Crippen LogP contribution in [0.15, 0.2) is 36.7 Å². The van der Waals surface area contributed by atoms with Gasteiger partial charge in [0.1, 0.15) is 16.7 Å². The molecule has 102 valence electrons. The second-order valence-electron chi connectivity index (χ2n) is 5.58. The standard InChI is InChI=1S/C16H14N5/c1-19-11-6-4-8-18-13(11)14-16(19)21-9-10-5-3-7-17-12(10)15(21)20(14)2/h3-8H,9H2,1-2H3/q+1. The third kappa shape index (κ3) is 1.15. The number of pyridine rings is 2. The molecule has 0 amide bonds. The van der Waals surface area contributed by atoms with Gasteiger partial charge in [0.15, 0.2) is 0 Å². The Morgan fingerprint density at radius 2 is 1.86 bits per heavy atom. The zero-order chi connectivity index (χ0) is 14.1. The van der Waals surface area contributed by atoms with Crippen molar-refractivity contribution in [3.05, 3.63) is 42.2 Å². The number of nitrogens with zero attached hydrogens (tertiary/aromatic N) is 5. The van der Waals surface area contributed by atoms with E-state index in [2.05, 4.69) is 49.9 Å². The van der Waals surface area contributed by atoms with E-state index >= 15 is 0 Å². The van der Waals surface area contributed by atoms with Crippen molar-refractivity contribution >= 4 is 22.2 Å². The number of hydrogen-bond donors (Lipinski definition) is 0. The third-order valence-electron chi connectivity index (χ3n) is 4.50. The van der Waals surface area contributed by atoms with Gasteiger partial charge in [0.25, 0.3) is 11.5 Å². The molecule has 1 aliphatic rings. The molecule has 0 spiro atoms. The Balaban J connectivity index is 2.02. The molecule has 5 heterocycles. The summed E-state index contributed by atoms with van der Waals surface area (Å²) in [5, 5.41) is 0. The van der Waals surface area contributed by atoms with Gasteiger partial charge in [0.05, 0.1) is 20.6 Å². The van der Waals surface area contributed by atoms with Crippen molar-refractivity contribution in [2.24, 2.45) is 14.1 Å². The van der Waals surface area contributed by atoms with Gasteiger partial charge in [-0.05, 0) is 18.2 Å². The number of hydrogen-bond acceptors (Lipinski definition) is 2. The maximum absolute atomic E-state index is 4.58. The molecule has 5 rings (SSSR count). The number of imidazole rings is 1. The number of aryl methyl sites for hydroxylation is 2. The van der Waals surface area contributed by atoms with E-state index in [-0.39, 0.29) is 0 Å². The van der Waals surface area contributed by atoms with Crippen LogP contribution in [0.1, 0.15) is 5.56 Å². The lowest BCUT2D eigenvalue weighted by atomic mass is 10.2. The summed E-state index contributed by atoms with van der Waals surface area (Å²) in [4.78, 5) is 9.16. The third-order valence-corrected chi connectivity index (χ3v) is 4.50. The molecule has 0 saturated heterocycles. The normalized spacial score (nSPS) is 13.0. The topological polar surface area (TPSA) is 39.5 Å².